The van der Waals surface area contributed by atoms with Crippen LogP contribution < -0.4 is 0 Å². The molecule has 42 heavy (non-hydrogen) atoms. The van der Waals surface area contributed by atoms with Gasteiger partial charge in [0.05, 0.1) is 25.6 Å². The molecule has 0 unspecified atom stereocenters. The van der Waals surface area contributed by atoms with Crippen molar-refractivity contribution >= 4 is 35.7 Å². The second kappa shape index (κ2) is 14.9. The van der Waals surface area contributed by atoms with E-state index in [1.54, 1.807) is 9.80 Å². The van der Waals surface area contributed by atoms with Crippen LogP contribution in [0.2, 0.25) is 5.02 Å². The second-order valence-corrected chi connectivity index (χ2v) is 13.2. The molecule has 3 rings (SSSR count). The number of esters is 2. The Kier molecular flexibility index (Phi) is 12.5. The Morgan fingerprint density at radius 2 is 1.24 bits per heavy atom. The Balaban J connectivity index is 0.000000317. The summed E-state index contributed by atoms with van der Waals surface area (Å²) in [7, 11) is 2.80. The van der Waals surface area contributed by atoms with Crippen molar-refractivity contribution in [1.29, 1.82) is 0 Å². The Hall–Kier alpha value is -3.01. The molecule has 0 saturated carbocycles. The summed E-state index contributed by atoms with van der Waals surface area (Å²) >= 11 is 5.94. The minimum absolute atomic E-state index is 0.0845. The van der Waals surface area contributed by atoms with E-state index in [4.69, 9.17) is 30.5 Å². The Bertz CT molecular complexity index is 1060. The van der Waals surface area contributed by atoms with Crippen LogP contribution >= 0.6 is 11.6 Å². The van der Waals surface area contributed by atoms with Gasteiger partial charge < -0.3 is 28.7 Å². The Morgan fingerprint density at radius 1 is 0.786 bits per heavy atom. The average molecular weight is 611 g/mol. The lowest BCUT2D eigenvalue weighted by atomic mass is 9.74. The maximum Gasteiger partial charge on any atom is 0.410 e. The molecular weight excluding hydrogens is 564 g/mol. The molecule has 1 aromatic rings. The molecule has 2 heterocycles. The molecule has 0 atom stereocenters. The summed E-state index contributed by atoms with van der Waals surface area (Å²) in [4.78, 5) is 51.1. The molecule has 236 valence electrons. The predicted molar refractivity (Wildman–Crippen MR) is 159 cm³/mol. The minimum atomic E-state index is -0.624. The van der Waals surface area contributed by atoms with Gasteiger partial charge in [0.1, 0.15) is 11.2 Å². The molecule has 2 aliphatic rings. The first-order chi connectivity index (χ1) is 19.5. The van der Waals surface area contributed by atoms with Gasteiger partial charge in [0.25, 0.3) is 0 Å². The summed E-state index contributed by atoms with van der Waals surface area (Å²) in [5.74, 6) is -0.501. The van der Waals surface area contributed by atoms with Crippen molar-refractivity contribution < 1.29 is 38.1 Å². The number of likely N-dealkylation sites (tertiary alicyclic amines) is 2. The van der Waals surface area contributed by atoms with Crippen LogP contribution in [-0.2, 0) is 35.0 Å². The molecular formula is C31H47ClN2O8. The third kappa shape index (κ3) is 11.0. The van der Waals surface area contributed by atoms with Crippen molar-refractivity contribution in [3.05, 3.63) is 34.9 Å². The third-order valence-corrected chi connectivity index (χ3v) is 7.38. The SMILES string of the molecule is COC(=O)C1(Cc2ccc(Cl)cc2)CCN(C(=O)OC(C)(C)C)CC1.COC(=O)C1CCN(C(=O)OC(C)(C)C)CC1. The van der Waals surface area contributed by atoms with Gasteiger partial charge >= 0.3 is 24.1 Å². The lowest BCUT2D eigenvalue weighted by Crippen LogP contribution is -2.49. The van der Waals surface area contributed by atoms with E-state index in [-0.39, 0.29) is 30.0 Å². The van der Waals surface area contributed by atoms with Gasteiger partial charge in [-0.05, 0) is 91.3 Å². The average Bonchev–Trinajstić information content (AvgIpc) is 2.92. The molecule has 0 bridgehead atoms. The maximum atomic E-state index is 12.5. The standard InChI is InChI=1S/C19H26ClNO4.C12H21NO4/c1-18(2,3)25-17(23)21-11-9-19(10-12-21,16(22)24-4)13-14-5-7-15(20)8-6-14;1-12(2,3)17-11(15)13-7-5-9(6-8-13)10(14)16-4/h5-8H,9-13H2,1-4H3;9H,5-8H2,1-4H3. The van der Waals surface area contributed by atoms with Gasteiger partial charge in [-0.3, -0.25) is 9.59 Å². The normalized spacial score (nSPS) is 17.4. The fraction of sp³-hybridized carbons (Fsp3) is 0.677. The number of hydrogen-bond acceptors (Lipinski definition) is 8. The van der Waals surface area contributed by atoms with E-state index >= 15 is 0 Å². The van der Waals surface area contributed by atoms with Gasteiger partial charge in [0.2, 0.25) is 0 Å². The fourth-order valence-electron chi connectivity index (χ4n) is 4.90. The van der Waals surface area contributed by atoms with Gasteiger partial charge in [-0.2, -0.15) is 0 Å². The van der Waals surface area contributed by atoms with E-state index in [1.165, 1.54) is 14.2 Å². The van der Waals surface area contributed by atoms with Gasteiger partial charge in [0, 0.05) is 31.2 Å². The van der Waals surface area contributed by atoms with E-state index < -0.39 is 16.6 Å². The van der Waals surface area contributed by atoms with Crippen molar-refractivity contribution in [2.45, 2.75) is 84.8 Å². The van der Waals surface area contributed by atoms with Crippen LogP contribution in [0.25, 0.3) is 0 Å². The Morgan fingerprint density at radius 3 is 1.64 bits per heavy atom. The van der Waals surface area contributed by atoms with Crippen LogP contribution in [0, 0.1) is 11.3 Å². The number of benzene rings is 1. The van der Waals surface area contributed by atoms with Crippen molar-refractivity contribution in [3.8, 4) is 0 Å². The highest BCUT2D eigenvalue weighted by molar-refractivity contribution is 6.30. The zero-order valence-electron chi connectivity index (χ0n) is 26.3. The van der Waals surface area contributed by atoms with E-state index in [2.05, 4.69) is 0 Å². The van der Waals surface area contributed by atoms with Crippen molar-refractivity contribution in [2.24, 2.45) is 11.3 Å². The summed E-state index contributed by atoms with van der Waals surface area (Å²) in [5.41, 5.74) is -0.602. The topological polar surface area (TPSA) is 112 Å². The monoisotopic (exact) mass is 610 g/mol. The minimum Gasteiger partial charge on any atom is -0.469 e. The molecule has 2 amide bonds. The summed E-state index contributed by atoms with van der Waals surface area (Å²) in [5, 5.41) is 0.663. The second-order valence-electron chi connectivity index (χ2n) is 12.8. The highest BCUT2D eigenvalue weighted by Gasteiger charge is 2.44. The van der Waals surface area contributed by atoms with Crippen molar-refractivity contribution in [2.75, 3.05) is 40.4 Å². The lowest BCUT2D eigenvalue weighted by molar-refractivity contribution is -0.156. The predicted octanol–water partition coefficient (Wildman–Crippen LogP) is 5.88. The number of ether oxygens (including phenoxy) is 4. The molecule has 0 spiro atoms. The molecule has 0 N–H and O–H groups in total. The molecule has 0 aliphatic carbocycles. The molecule has 11 heteroatoms. The first kappa shape index (κ1) is 35.2. The molecule has 0 aromatic heterocycles. The number of carbonyl (C=O) groups excluding carboxylic acids is 4. The zero-order chi connectivity index (χ0) is 31.7. The largest absolute Gasteiger partial charge is 0.469 e. The molecule has 2 saturated heterocycles. The van der Waals surface area contributed by atoms with Crippen LogP contribution in [0.5, 0.6) is 0 Å². The van der Waals surface area contributed by atoms with E-state index in [0.717, 1.165) is 5.56 Å². The fourth-order valence-corrected chi connectivity index (χ4v) is 5.02. The molecule has 2 aliphatic heterocycles. The van der Waals surface area contributed by atoms with E-state index in [9.17, 15) is 19.2 Å². The molecule has 0 radical (unpaired) electrons. The van der Waals surface area contributed by atoms with Gasteiger partial charge in [-0.25, -0.2) is 9.59 Å². The number of hydrogen-bond donors (Lipinski definition) is 0. The van der Waals surface area contributed by atoms with Crippen LogP contribution in [0.4, 0.5) is 9.59 Å². The molecule has 2 fully saturated rings. The summed E-state index contributed by atoms with van der Waals surface area (Å²) in [6, 6.07) is 7.48. The number of halogens is 1. The van der Waals surface area contributed by atoms with Crippen molar-refractivity contribution in [1.82, 2.24) is 9.80 Å². The number of piperidine rings is 2. The highest BCUT2D eigenvalue weighted by Crippen LogP contribution is 2.37. The first-order valence-electron chi connectivity index (χ1n) is 14.3. The number of methoxy groups -OCH3 is 2. The lowest BCUT2D eigenvalue weighted by Gasteiger charge is -2.40. The van der Waals surface area contributed by atoms with Crippen LogP contribution in [0.1, 0.15) is 72.8 Å². The number of nitrogens with zero attached hydrogens (tertiary/aromatic N) is 2. The summed E-state index contributed by atoms with van der Waals surface area (Å²) in [6.07, 6.45) is 2.30. The van der Waals surface area contributed by atoms with E-state index in [0.29, 0.717) is 63.3 Å². The van der Waals surface area contributed by atoms with Gasteiger partial charge in [-0.15, -0.1) is 0 Å². The smallest absolute Gasteiger partial charge is 0.410 e. The molecule has 10 nitrogen and oxygen atoms in total. The summed E-state index contributed by atoms with van der Waals surface area (Å²) in [6.45, 7) is 13.1. The quantitative estimate of drug-likeness (QED) is 0.307. The first-order valence-corrected chi connectivity index (χ1v) is 14.7. The summed E-state index contributed by atoms with van der Waals surface area (Å²) < 4.78 is 20.4. The maximum absolute atomic E-state index is 12.5. The van der Waals surface area contributed by atoms with Crippen molar-refractivity contribution in [3.63, 3.8) is 0 Å². The zero-order valence-corrected chi connectivity index (χ0v) is 27.0. The molecule has 1 aromatic carbocycles. The van der Waals surface area contributed by atoms with E-state index in [1.807, 2.05) is 65.8 Å². The van der Waals surface area contributed by atoms with Gasteiger partial charge in [0.15, 0.2) is 0 Å². The number of carbonyl (C=O) groups is 4. The number of rotatable bonds is 4. The third-order valence-electron chi connectivity index (χ3n) is 7.13. The van der Waals surface area contributed by atoms with Gasteiger partial charge in [-0.1, -0.05) is 23.7 Å². The Labute approximate surface area is 254 Å². The number of amides is 2. The van der Waals surface area contributed by atoms with Crippen LogP contribution in [0.3, 0.4) is 0 Å². The van der Waals surface area contributed by atoms with Crippen LogP contribution in [0.15, 0.2) is 24.3 Å². The highest BCUT2D eigenvalue weighted by atomic mass is 35.5. The van der Waals surface area contributed by atoms with Crippen LogP contribution in [-0.4, -0.2) is 85.5 Å².